The number of nitrogens with zero attached hydrogens (tertiary/aromatic N) is 5. The van der Waals surface area contributed by atoms with Crippen LogP contribution >= 0.6 is 0 Å². The van der Waals surface area contributed by atoms with Gasteiger partial charge in [-0.2, -0.15) is 9.50 Å². The molecule has 3 heterocycles. The van der Waals surface area contributed by atoms with Gasteiger partial charge in [-0.1, -0.05) is 50.2 Å². The van der Waals surface area contributed by atoms with E-state index in [1.54, 1.807) is 13.2 Å². The first-order valence-corrected chi connectivity index (χ1v) is 12.4. The monoisotopic (exact) mass is 487 g/mol. The van der Waals surface area contributed by atoms with Crippen molar-refractivity contribution in [2.45, 2.75) is 32.9 Å². The third-order valence-electron chi connectivity index (χ3n) is 6.67. The molecule has 2 aromatic carbocycles. The second kappa shape index (κ2) is 10.4. The lowest BCUT2D eigenvalue weighted by atomic mass is 10.0. The number of ether oxygens (including phenoxy) is 1. The Hall–Kier alpha value is -3.85. The van der Waals surface area contributed by atoms with Crippen LogP contribution < -0.4 is 20.5 Å². The van der Waals surface area contributed by atoms with E-state index in [1.165, 1.54) is 10.1 Å². The van der Waals surface area contributed by atoms with Gasteiger partial charge in [-0.25, -0.2) is 4.98 Å². The number of methoxy groups -OCH3 is 1. The van der Waals surface area contributed by atoms with Gasteiger partial charge in [-0.05, 0) is 29.2 Å². The van der Waals surface area contributed by atoms with Crippen molar-refractivity contribution in [3.8, 4) is 5.75 Å². The van der Waals surface area contributed by atoms with Crippen molar-refractivity contribution in [2.75, 3.05) is 43.5 Å². The van der Waals surface area contributed by atoms with E-state index in [4.69, 9.17) is 4.74 Å². The largest absolute Gasteiger partial charge is 0.495 e. The van der Waals surface area contributed by atoms with E-state index >= 15 is 0 Å². The maximum Gasteiger partial charge on any atom is 0.274 e. The number of fused-ring (bicyclic) bond motifs is 1. The molecule has 1 aliphatic heterocycles. The highest BCUT2D eigenvalue weighted by Crippen LogP contribution is 2.28. The molecule has 188 valence electrons. The quantitative estimate of drug-likeness (QED) is 0.393. The molecule has 0 bridgehead atoms. The molecule has 4 aromatic rings. The van der Waals surface area contributed by atoms with Crippen molar-refractivity contribution in [1.82, 2.24) is 24.5 Å². The average Bonchev–Trinajstić information content (AvgIpc) is 3.32. The average molecular weight is 488 g/mol. The van der Waals surface area contributed by atoms with E-state index in [0.29, 0.717) is 30.7 Å². The number of nitrogens with one attached hydrogen (secondary N) is 2. The zero-order valence-corrected chi connectivity index (χ0v) is 21.1. The molecule has 9 heteroatoms. The summed E-state index contributed by atoms with van der Waals surface area (Å²) < 4.78 is 6.90. The van der Waals surface area contributed by atoms with Gasteiger partial charge in [-0.15, -0.1) is 0 Å². The van der Waals surface area contributed by atoms with Gasteiger partial charge in [0.05, 0.1) is 18.5 Å². The third-order valence-corrected chi connectivity index (χ3v) is 6.67. The zero-order chi connectivity index (χ0) is 25.1. The number of anilines is 2. The van der Waals surface area contributed by atoms with Gasteiger partial charge in [0.1, 0.15) is 5.75 Å². The first-order valence-electron chi connectivity index (χ1n) is 12.4. The molecule has 0 amide bonds. The molecule has 1 saturated heterocycles. The predicted molar refractivity (Wildman–Crippen MR) is 142 cm³/mol. The van der Waals surface area contributed by atoms with Crippen LogP contribution in [0, 0.1) is 0 Å². The van der Waals surface area contributed by atoms with E-state index in [0.717, 1.165) is 48.9 Å². The summed E-state index contributed by atoms with van der Waals surface area (Å²) >= 11 is 0. The third kappa shape index (κ3) is 5.21. The molecule has 0 unspecified atom stereocenters. The van der Waals surface area contributed by atoms with Crippen LogP contribution in [0.4, 0.5) is 11.6 Å². The number of aromatic nitrogens is 4. The number of rotatable bonds is 8. The highest BCUT2D eigenvalue weighted by molar-refractivity contribution is 5.58. The van der Waals surface area contributed by atoms with Crippen LogP contribution in [0.2, 0.25) is 0 Å². The Morgan fingerprint density at radius 3 is 2.50 bits per heavy atom. The SMILES string of the molecule is COc1ccccc1N1CCN(Cc2cc(=O)n3[nH]c(NCc4ccc(C(C)C)cc4)nc3n2)CC1. The van der Waals surface area contributed by atoms with Crippen LogP contribution in [0.3, 0.4) is 0 Å². The fourth-order valence-electron chi connectivity index (χ4n) is 4.56. The summed E-state index contributed by atoms with van der Waals surface area (Å²) in [5.74, 6) is 2.30. The Bertz CT molecular complexity index is 1370. The highest BCUT2D eigenvalue weighted by atomic mass is 16.5. The minimum Gasteiger partial charge on any atom is -0.495 e. The standard InChI is InChI=1S/C27H33N7O2/c1-19(2)21-10-8-20(9-11-21)17-28-26-30-27-29-22(16-25(35)34(27)31-26)18-32-12-14-33(15-13-32)23-6-4-5-7-24(23)36-3/h4-11,16,19H,12-15,17-18H2,1-3H3,(H2,28,29,30,31). The minimum atomic E-state index is -0.163. The molecular formula is C27H33N7O2. The molecule has 0 atom stereocenters. The van der Waals surface area contributed by atoms with Crippen molar-refractivity contribution in [1.29, 1.82) is 0 Å². The van der Waals surface area contributed by atoms with Crippen LogP contribution in [-0.2, 0) is 13.1 Å². The number of hydrogen-bond donors (Lipinski definition) is 2. The fraction of sp³-hybridized carbons (Fsp3) is 0.370. The maximum atomic E-state index is 12.7. The maximum absolute atomic E-state index is 12.7. The van der Waals surface area contributed by atoms with Gasteiger partial charge in [0.25, 0.3) is 11.3 Å². The number of para-hydroxylation sites is 2. The summed E-state index contributed by atoms with van der Waals surface area (Å²) in [7, 11) is 1.70. The van der Waals surface area contributed by atoms with Crippen molar-refractivity contribution in [2.24, 2.45) is 0 Å². The summed E-state index contributed by atoms with van der Waals surface area (Å²) in [6.07, 6.45) is 0. The van der Waals surface area contributed by atoms with E-state index in [1.807, 2.05) is 18.2 Å². The fourth-order valence-corrected chi connectivity index (χ4v) is 4.56. The molecule has 2 N–H and O–H groups in total. The number of H-pyrrole nitrogens is 1. The lowest BCUT2D eigenvalue weighted by molar-refractivity contribution is 0.246. The van der Waals surface area contributed by atoms with Crippen molar-refractivity contribution >= 4 is 17.4 Å². The zero-order valence-electron chi connectivity index (χ0n) is 21.1. The van der Waals surface area contributed by atoms with Crippen LogP contribution in [0.25, 0.3) is 5.78 Å². The molecule has 36 heavy (non-hydrogen) atoms. The molecule has 0 spiro atoms. The summed E-state index contributed by atoms with van der Waals surface area (Å²) in [5.41, 5.74) is 4.14. The van der Waals surface area contributed by atoms with Crippen molar-refractivity contribution in [3.05, 3.63) is 81.8 Å². The molecule has 2 aromatic heterocycles. The number of aromatic amines is 1. The van der Waals surface area contributed by atoms with Crippen molar-refractivity contribution in [3.63, 3.8) is 0 Å². The Balaban J connectivity index is 1.21. The van der Waals surface area contributed by atoms with Gasteiger partial charge in [-0.3, -0.25) is 14.8 Å². The first-order chi connectivity index (χ1) is 17.5. The number of benzene rings is 2. The lowest BCUT2D eigenvalue weighted by Crippen LogP contribution is -2.46. The molecule has 0 saturated carbocycles. The Kier molecular flexibility index (Phi) is 6.90. The highest BCUT2D eigenvalue weighted by Gasteiger charge is 2.20. The van der Waals surface area contributed by atoms with E-state index in [9.17, 15) is 4.79 Å². The number of hydrogen-bond acceptors (Lipinski definition) is 7. The second-order valence-corrected chi connectivity index (χ2v) is 9.48. The van der Waals surface area contributed by atoms with Crippen LogP contribution in [0.1, 0.15) is 36.6 Å². The van der Waals surface area contributed by atoms with Gasteiger partial charge in [0.2, 0.25) is 5.95 Å². The minimum absolute atomic E-state index is 0.163. The van der Waals surface area contributed by atoms with E-state index < -0.39 is 0 Å². The second-order valence-electron chi connectivity index (χ2n) is 9.48. The van der Waals surface area contributed by atoms with Crippen molar-refractivity contribution < 1.29 is 4.74 Å². The van der Waals surface area contributed by atoms with Gasteiger partial charge in [0, 0.05) is 45.3 Å². The lowest BCUT2D eigenvalue weighted by Gasteiger charge is -2.36. The topological polar surface area (TPSA) is 90.8 Å². The van der Waals surface area contributed by atoms with E-state index in [2.05, 4.69) is 74.4 Å². The molecule has 5 rings (SSSR count). The normalized spacial score (nSPS) is 14.5. The summed E-state index contributed by atoms with van der Waals surface area (Å²) in [5, 5.41) is 6.28. The molecule has 1 aliphatic rings. The molecule has 0 aliphatic carbocycles. The summed E-state index contributed by atoms with van der Waals surface area (Å²) in [4.78, 5) is 26.5. The van der Waals surface area contributed by atoms with Gasteiger partial charge in [0.15, 0.2) is 0 Å². The van der Waals surface area contributed by atoms with Crippen LogP contribution in [-0.4, -0.2) is 57.8 Å². The molecule has 9 nitrogen and oxygen atoms in total. The van der Waals surface area contributed by atoms with Crippen LogP contribution in [0.5, 0.6) is 5.75 Å². The summed E-state index contributed by atoms with van der Waals surface area (Å²) in [6.45, 7) is 9.11. The van der Waals surface area contributed by atoms with Crippen LogP contribution in [0.15, 0.2) is 59.4 Å². The van der Waals surface area contributed by atoms with Gasteiger partial charge >= 0.3 is 0 Å². The number of piperazine rings is 1. The predicted octanol–water partition coefficient (Wildman–Crippen LogP) is 3.48. The Morgan fingerprint density at radius 2 is 1.78 bits per heavy atom. The Morgan fingerprint density at radius 1 is 1.03 bits per heavy atom. The molecule has 1 fully saturated rings. The summed E-state index contributed by atoms with van der Waals surface area (Å²) in [6, 6.07) is 18.2. The van der Waals surface area contributed by atoms with E-state index in [-0.39, 0.29) is 5.56 Å². The molecule has 0 radical (unpaired) electrons. The van der Waals surface area contributed by atoms with Gasteiger partial charge < -0.3 is 15.0 Å². The molecular weight excluding hydrogens is 454 g/mol. The first kappa shape index (κ1) is 23.9. The smallest absolute Gasteiger partial charge is 0.274 e. The Labute approximate surface area is 210 Å².